The van der Waals surface area contributed by atoms with Crippen molar-refractivity contribution in [1.82, 2.24) is 0 Å². The van der Waals surface area contributed by atoms with E-state index in [1.165, 1.54) is 0 Å². The molecule has 1 heterocycles. The van der Waals surface area contributed by atoms with Crippen molar-refractivity contribution in [3.63, 3.8) is 0 Å². The molecule has 0 radical (unpaired) electrons. The molecule has 4 nitrogen and oxygen atoms in total. The van der Waals surface area contributed by atoms with Gasteiger partial charge in [0, 0.05) is 18.7 Å². The third kappa shape index (κ3) is 2.46. The van der Waals surface area contributed by atoms with E-state index in [4.69, 9.17) is 14.2 Å². The SMILES string of the molecule is CCOc1ccc2c(c1)OC(OC)(c1ccccc1)CC2=O. The van der Waals surface area contributed by atoms with Crippen LogP contribution >= 0.6 is 0 Å². The molecule has 0 amide bonds. The van der Waals surface area contributed by atoms with Gasteiger partial charge in [0.05, 0.1) is 18.6 Å². The third-order valence-electron chi connectivity index (χ3n) is 3.78. The van der Waals surface area contributed by atoms with Gasteiger partial charge in [-0.25, -0.2) is 0 Å². The summed E-state index contributed by atoms with van der Waals surface area (Å²) in [5.41, 5.74) is 1.38. The molecule has 1 atom stereocenters. The number of hydrogen-bond acceptors (Lipinski definition) is 4. The summed E-state index contributed by atoms with van der Waals surface area (Å²) in [5, 5.41) is 0. The fourth-order valence-electron chi connectivity index (χ4n) is 2.68. The summed E-state index contributed by atoms with van der Waals surface area (Å²) in [7, 11) is 1.55. The Balaban J connectivity index is 2.04. The molecular weight excluding hydrogens is 280 g/mol. The Morgan fingerprint density at radius 2 is 1.95 bits per heavy atom. The van der Waals surface area contributed by atoms with Crippen LogP contribution in [0.4, 0.5) is 0 Å². The van der Waals surface area contributed by atoms with Crippen LogP contribution in [0.5, 0.6) is 11.5 Å². The number of ketones is 1. The van der Waals surface area contributed by atoms with Crippen molar-refractivity contribution < 1.29 is 19.0 Å². The Hall–Kier alpha value is -2.33. The van der Waals surface area contributed by atoms with E-state index in [2.05, 4.69) is 0 Å². The molecule has 0 bridgehead atoms. The van der Waals surface area contributed by atoms with Crippen LogP contribution in [0.15, 0.2) is 48.5 Å². The zero-order chi connectivity index (χ0) is 15.6. The summed E-state index contributed by atoms with van der Waals surface area (Å²) < 4.78 is 17.2. The molecule has 0 N–H and O–H groups in total. The van der Waals surface area contributed by atoms with E-state index in [-0.39, 0.29) is 12.2 Å². The lowest BCUT2D eigenvalue weighted by molar-refractivity contribution is -0.173. The van der Waals surface area contributed by atoms with Crippen molar-refractivity contribution in [3.8, 4) is 11.5 Å². The zero-order valence-corrected chi connectivity index (χ0v) is 12.7. The van der Waals surface area contributed by atoms with Gasteiger partial charge >= 0.3 is 0 Å². The first-order chi connectivity index (χ1) is 10.7. The monoisotopic (exact) mass is 298 g/mol. The smallest absolute Gasteiger partial charge is 0.244 e. The van der Waals surface area contributed by atoms with Crippen LogP contribution in [-0.2, 0) is 10.5 Å². The van der Waals surface area contributed by atoms with Gasteiger partial charge in [0.1, 0.15) is 11.5 Å². The predicted octanol–water partition coefficient (Wildman–Crippen LogP) is 3.55. The second-order valence-electron chi connectivity index (χ2n) is 5.12. The molecule has 4 heteroatoms. The van der Waals surface area contributed by atoms with Crippen LogP contribution in [0.3, 0.4) is 0 Å². The van der Waals surface area contributed by atoms with Crippen molar-refractivity contribution in [2.75, 3.05) is 13.7 Å². The van der Waals surface area contributed by atoms with E-state index in [0.29, 0.717) is 23.7 Å². The van der Waals surface area contributed by atoms with E-state index in [9.17, 15) is 4.79 Å². The molecule has 0 aromatic heterocycles. The van der Waals surface area contributed by atoms with Gasteiger partial charge in [-0.1, -0.05) is 30.3 Å². The Bertz CT molecular complexity index is 681. The van der Waals surface area contributed by atoms with Crippen molar-refractivity contribution in [1.29, 1.82) is 0 Å². The number of methoxy groups -OCH3 is 1. The minimum Gasteiger partial charge on any atom is -0.494 e. The Labute approximate surface area is 129 Å². The lowest BCUT2D eigenvalue weighted by atomic mass is 9.93. The van der Waals surface area contributed by atoms with Crippen LogP contribution in [0.1, 0.15) is 29.3 Å². The largest absolute Gasteiger partial charge is 0.494 e. The summed E-state index contributed by atoms with van der Waals surface area (Å²) in [5.74, 6) is 0.0767. The lowest BCUT2D eigenvalue weighted by Gasteiger charge is -2.36. The number of Topliss-reactive ketones (excluding diaryl/α,β-unsaturated/α-hetero) is 1. The number of hydrogen-bond donors (Lipinski definition) is 0. The molecule has 1 aliphatic heterocycles. The highest BCUT2D eigenvalue weighted by molar-refractivity contribution is 6.00. The average molecular weight is 298 g/mol. The van der Waals surface area contributed by atoms with E-state index < -0.39 is 5.79 Å². The highest BCUT2D eigenvalue weighted by atomic mass is 16.7. The maximum Gasteiger partial charge on any atom is 0.244 e. The fourth-order valence-corrected chi connectivity index (χ4v) is 2.68. The van der Waals surface area contributed by atoms with Crippen molar-refractivity contribution in [2.45, 2.75) is 19.1 Å². The Morgan fingerprint density at radius 1 is 1.18 bits per heavy atom. The molecule has 3 rings (SSSR count). The predicted molar refractivity (Wildman–Crippen MR) is 82.3 cm³/mol. The van der Waals surface area contributed by atoms with Crippen LogP contribution in [0, 0.1) is 0 Å². The third-order valence-corrected chi connectivity index (χ3v) is 3.78. The molecule has 2 aromatic carbocycles. The standard InChI is InChI=1S/C18H18O4/c1-3-21-14-9-10-15-16(19)12-18(20-2,22-17(15)11-14)13-7-5-4-6-8-13/h4-11H,3,12H2,1-2H3. The normalized spacial score (nSPS) is 20.2. The maximum absolute atomic E-state index is 12.5. The quantitative estimate of drug-likeness (QED) is 0.866. The van der Waals surface area contributed by atoms with E-state index in [0.717, 1.165) is 5.56 Å². The summed E-state index contributed by atoms with van der Waals surface area (Å²) in [6.45, 7) is 2.47. The molecule has 0 spiro atoms. The average Bonchev–Trinajstić information content (AvgIpc) is 2.55. The molecule has 0 saturated carbocycles. The molecule has 22 heavy (non-hydrogen) atoms. The van der Waals surface area contributed by atoms with Gasteiger partial charge in [-0.3, -0.25) is 4.79 Å². The van der Waals surface area contributed by atoms with Gasteiger partial charge in [0.25, 0.3) is 0 Å². The molecule has 0 aliphatic carbocycles. The summed E-state index contributed by atoms with van der Waals surface area (Å²) >= 11 is 0. The molecular formula is C18H18O4. The zero-order valence-electron chi connectivity index (χ0n) is 12.7. The van der Waals surface area contributed by atoms with E-state index >= 15 is 0 Å². The van der Waals surface area contributed by atoms with Gasteiger partial charge in [-0.05, 0) is 19.1 Å². The number of benzene rings is 2. The summed E-state index contributed by atoms with van der Waals surface area (Å²) in [6, 6.07) is 14.8. The number of carbonyl (C=O) groups excluding carboxylic acids is 1. The minimum absolute atomic E-state index is 0.00463. The molecule has 0 fully saturated rings. The summed E-state index contributed by atoms with van der Waals surface area (Å²) in [6.07, 6.45) is 0.147. The maximum atomic E-state index is 12.5. The van der Waals surface area contributed by atoms with Gasteiger partial charge in [-0.2, -0.15) is 0 Å². The van der Waals surface area contributed by atoms with Gasteiger partial charge in [0.15, 0.2) is 5.78 Å². The fraction of sp³-hybridized carbons (Fsp3) is 0.278. The first-order valence-electron chi connectivity index (χ1n) is 7.28. The number of rotatable bonds is 4. The van der Waals surface area contributed by atoms with Crippen molar-refractivity contribution in [2.24, 2.45) is 0 Å². The Kier molecular flexibility index (Phi) is 3.86. The molecule has 1 unspecified atom stereocenters. The molecule has 114 valence electrons. The number of ether oxygens (including phenoxy) is 3. The first kappa shape index (κ1) is 14.6. The van der Waals surface area contributed by atoms with Crippen molar-refractivity contribution in [3.05, 3.63) is 59.7 Å². The van der Waals surface area contributed by atoms with E-state index in [1.807, 2.05) is 37.3 Å². The molecule has 2 aromatic rings. The second-order valence-corrected chi connectivity index (χ2v) is 5.12. The van der Waals surface area contributed by atoms with Crippen LogP contribution < -0.4 is 9.47 Å². The second kappa shape index (κ2) is 5.81. The van der Waals surface area contributed by atoms with Gasteiger partial charge in [0.2, 0.25) is 5.79 Å². The van der Waals surface area contributed by atoms with E-state index in [1.54, 1.807) is 25.3 Å². The topological polar surface area (TPSA) is 44.8 Å². The molecule has 1 aliphatic rings. The minimum atomic E-state index is -1.09. The van der Waals surface area contributed by atoms with Crippen LogP contribution in [-0.4, -0.2) is 19.5 Å². The number of fused-ring (bicyclic) bond motifs is 1. The van der Waals surface area contributed by atoms with Gasteiger partial charge in [-0.15, -0.1) is 0 Å². The van der Waals surface area contributed by atoms with Crippen molar-refractivity contribution >= 4 is 5.78 Å². The van der Waals surface area contributed by atoms with Gasteiger partial charge < -0.3 is 14.2 Å². The number of carbonyl (C=O) groups is 1. The van der Waals surface area contributed by atoms with Crippen LogP contribution in [0.25, 0.3) is 0 Å². The first-order valence-corrected chi connectivity index (χ1v) is 7.28. The highest BCUT2D eigenvalue weighted by Crippen LogP contribution is 2.41. The Morgan fingerprint density at radius 3 is 2.64 bits per heavy atom. The highest BCUT2D eigenvalue weighted by Gasteiger charge is 2.42. The lowest BCUT2D eigenvalue weighted by Crippen LogP contribution is -2.41. The molecule has 0 saturated heterocycles. The summed E-state index contributed by atoms with van der Waals surface area (Å²) in [4.78, 5) is 12.5. The van der Waals surface area contributed by atoms with Crippen LogP contribution in [0.2, 0.25) is 0 Å².